The van der Waals surface area contributed by atoms with E-state index in [4.69, 9.17) is 4.74 Å². The molecule has 1 heterocycles. The van der Waals surface area contributed by atoms with Crippen molar-refractivity contribution in [2.24, 2.45) is 0 Å². The molecular formula is C23H14F4N2O3. The Kier molecular flexibility index (Phi) is 5.40. The summed E-state index contributed by atoms with van der Waals surface area (Å²) in [4.78, 5) is 26.8. The molecule has 0 radical (unpaired) electrons. The Bertz CT molecular complexity index is 1270. The lowest BCUT2D eigenvalue weighted by molar-refractivity contribution is -0.120. The maximum Gasteiger partial charge on any atom is 0.282 e. The molecule has 0 aromatic heterocycles. The number of methoxy groups -OCH3 is 1. The van der Waals surface area contributed by atoms with Crippen LogP contribution in [0.1, 0.15) is 5.56 Å². The number of halogens is 4. The number of benzene rings is 3. The smallest absolute Gasteiger partial charge is 0.282 e. The highest BCUT2D eigenvalue weighted by Crippen LogP contribution is 2.35. The zero-order valence-electron chi connectivity index (χ0n) is 16.5. The van der Waals surface area contributed by atoms with Gasteiger partial charge in [0.05, 0.1) is 18.4 Å². The van der Waals surface area contributed by atoms with Crippen LogP contribution >= 0.6 is 0 Å². The molecule has 0 spiro atoms. The molecule has 0 atom stereocenters. The number of amides is 2. The van der Waals surface area contributed by atoms with Crippen LogP contribution in [0.25, 0.3) is 5.57 Å². The Morgan fingerprint density at radius 3 is 2.12 bits per heavy atom. The van der Waals surface area contributed by atoms with Gasteiger partial charge in [-0.25, -0.2) is 22.5 Å². The molecule has 0 bridgehead atoms. The molecule has 1 aliphatic rings. The van der Waals surface area contributed by atoms with Gasteiger partial charge in [-0.15, -0.1) is 0 Å². The third-order valence-electron chi connectivity index (χ3n) is 4.80. The van der Waals surface area contributed by atoms with Crippen LogP contribution in [-0.4, -0.2) is 18.9 Å². The van der Waals surface area contributed by atoms with Crippen molar-refractivity contribution < 1.29 is 31.9 Å². The van der Waals surface area contributed by atoms with Crippen LogP contribution in [0.3, 0.4) is 0 Å². The van der Waals surface area contributed by atoms with E-state index in [2.05, 4.69) is 5.32 Å². The Hall–Kier alpha value is -4.14. The van der Waals surface area contributed by atoms with Crippen molar-refractivity contribution in [1.82, 2.24) is 0 Å². The van der Waals surface area contributed by atoms with Crippen LogP contribution in [0.4, 0.5) is 28.9 Å². The van der Waals surface area contributed by atoms with E-state index in [1.807, 2.05) is 0 Å². The lowest BCUT2D eigenvalue weighted by Crippen LogP contribution is -2.33. The third kappa shape index (κ3) is 3.68. The molecule has 0 fully saturated rings. The van der Waals surface area contributed by atoms with E-state index in [-0.39, 0.29) is 22.5 Å². The van der Waals surface area contributed by atoms with Gasteiger partial charge >= 0.3 is 0 Å². The summed E-state index contributed by atoms with van der Waals surface area (Å²) >= 11 is 0. The van der Waals surface area contributed by atoms with Crippen molar-refractivity contribution in [1.29, 1.82) is 0 Å². The van der Waals surface area contributed by atoms with Crippen molar-refractivity contribution in [3.63, 3.8) is 0 Å². The zero-order chi connectivity index (χ0) is 23.0. The zero-order valence-corrected chi connectivity index (χ0v) is 16.5. The average Bonchev–Trinajstić information content (AvgIpc) is 3.02. The molecule has 0 saturated heterocycles. The van der Waals surface area contributed by atoms with Crippen molar-refractivity contribution in [3.8, 4) is 5.75 Å². The molecule has 9 heteroatoms. The number of anilines is 2. The van der Waals surface area contributed by atoms with Crippen LogP contribution in [0, 0.1) is 23.3 Å². The predicted molar refractivity (Wildman–Crippen MR) is 109 cm³/mol. The summed E-state index contributed by atoms with van der Waals surface area (Å²) in [6, 6.07) is 11.3. The molecule has 1 N–H and O–H groups in total. The van der Waals surface area contributed by atoms with Crippen LogP contribution in [0.5, 0.6) is 5.75 Å². The molecule has 2 amide bonds. The molecule has 3 aromatic rings. The molecule has 1 aliphatic heterocycles. The molecular weight excluding hydrogens is 428 g/mol. The fourth-order valence-corrected chi connectivity index (χ4v) is 3.27. The highest BCUT2D eigenvalue weighted by atomic mass is 19.2. The number of nitrogens with zero attached hydrogens (tertiary/aromatic N) is 1. The number of nitrogens with one attached hydrogen (secondary N) is 1. The maximum atomic E-state index is 14.4. The molecule has 0 unspecified atom stereocenters. The molecule has 32 heavy (non-hydrogen) atoms. The third-order valence-corrected chi connectivity index (χ3v) is 4.80. The molecule has 162 valence electrons. The number of hydrogen-bond donors (Lipinski definition) is 1. The molecule has 0 aliphatic carbocycles. The number of hydrogen-bond acceptors (Lipinski definition) is 4. The normalized spacial score (nSPS) is 13.7. The first-order valence-electron chi connectivity index (χ1n) is 9.24. The highest BCUT2D eigenvalue weighted by molar-refractivity contribution is 6.46. The Morgan fingerprint density at radius 2 is 1.47 bits per heavy atom. The quantitative estimate of drug-likeness (QED) is 0.462. The molecule has 4 rings (SSSR count). The second-order valence-electron chi connectivity index (χ2n) is 6.77. The number of ether oxygens (including phenoxy) is 1. The van der Waals surface area contributed by atoms with Crippen LogP contribution in [0.15, 0.2) is 66.4 Å². The highest BCUT2D eigenvalue weighted by Gasteiger charge is 2.41. The minimum absolute atomic E-state index is 0.0207. The summed E-state index contributed by atoms with van der Waals surface area (Å²) in [5, 5.41) is 2.61. The first-order valence-corrected chi connectivity index (χ1v) is 9.24. The topological polar surface area (TPSA) is 58.6 Å². The van der Waals surface area contributed by atoms with E-state index >= 15 is 0 Å². The number of carbonyl (C=O) groups is 2. The Morgan fingerprint density at radius 1 is 0.781 bits per heavy atom. The Balaban J connectivity index is 1.84. The first-order chi connectivity index (χ1) is 15.3. The molecule has 3 aromatic carbocycles. The van der Waals surface area contributed by atoms with Gasteiger partial charge in [-0.1, -0.05) is 12.1 Å². The van der Waals surface area contributed by atoms with E-state index in [1.165, 1.54) is 25.3 Å². The van der Waals surface area contributed by atoms with Gasteiger partial charge in [-0.2, -0.15) is 0 Å². The Labute approximate surface area is 179 Å². The standard InChI is InChI=1S/C23H14F4N2O3/c1-32-15-6-2-12(3-7-15)20-21(28-14-5-9-16(25)18(27)11-14)23(31)29(22(20)30)19-10-13(24)4-8-17(19)26/h2-11,28H,1H3. The molecule has 0 saturated carbocycles. The van der Waals surface area contributed by atoms with E-state index in [1.54, 1.807) is 12.1 Å². The number of imide groups is 1. The minimum atomic E-state index is -1.17. The van der Waals surface area contributed by atoms with Gasteiger partial charge in [0.2, 0.25) is 0 Å². The lowest BCUT2D eigenvalue weighted by atomic mass is 10.0. The number of rotatable bonds is 5. The van der Waals surface area contributed by atoms with E-state index in [9.17, 15) is 27.2 Å². The summed E-state index contributed by atoms with van der Waals surface area (Å²) in [5.41, 5.74) is -0.796. The van der Waals surface area contributed by atoms with Crippen molar-refractivity contribution in [3.05, 3.63) is 95.2 Å². The van der Waals surface area contributed by atoms with Crippen molar-refractivity contribution in [2.45, 2.75) is 0 Å². The maximum absolute atomic E-state index is 14.4. The fraction of sp³-hybridized carbons (Fsp3) is 0.0435. The second-order valence-corrected chi connectivity index (χ2v) is 6.77. The monoisotopic (exact) mass is 442 g/mol. The van der Waals surface area contributed by atoms with Gasteiger partial charge in [-0.05, 0) is 42.0 Å². The second kappa shape index (κ2) is 8.18. The summed E-state index contributed by atoms with van der Waals surface area (Å²) < 4.78 is 60.2. The SMILES string of the molecule is COc1ccc(C2=C(Nc3ccc(F)c(F)c3)C(=O)N(c3cc(F)ccc3F)C2=O)cc1. The van der Waals surface area contributed by atoms with Gasteiger partial charge in [0.1, 0.15) is 23.1 Å². The van der Waals surface area contributed by atoms with E-state index in [0.717, 1.165) is 30.3 Å². The van der Waals surface area contributed by atoms with Crippen LogP contribution < -0.4 is 15.0 Å². The predicted octanol–water partition coefficient (Wildman–Crippen LogP) is 4.65. The summed E-state index contributed by atoms with van der Waals surface area (Å²) in [5.74, 6) is -5.55. The van der Waals surface area contributed by atoms with Crippen molar-refractivity contribution in [2.75, 3.05) is 17.3 Å². The lowest BCUT2D eigenvalue weighted by Gasteiger charge is -2.16. The van der Waals surface area contributed by atoms with Gasteiger partial charge in [0.15, 0.2) is 11.6 Å². The largest absolute Gasteiger partial charge is 0.497 e. The van der Waals surface area contributed by atoms with Gasteiger partial charge in [0, 0.05) is 17.8 Å². The summed E-state index contributed by atoms with van der Waals surface area (Å²) in [6.07, 6.45) is 0. The van der Waals surface area contributed by atoms with Gasteiger partial charge in [-0.3, -0.25) is 9.59 Å². The number of carbonyl (C=O) groups excluding carboxylic acids is 2. The fourth-order valence-electron chi connectivity index (χ4n) is 3.27. The minimum Gasteiger partial charge on any atom is -0.497 e. The van der Waals surface area contributed by atoms with Crippen LogP contribution in [-0.2, 0) is 9.59 Å². The summed E-state index contributed by atoms with van der Waals surface area (Å²) in [7, 11) is 1.45. The van der Waals surface area contributed by atoms with E-state index < -0.39 is 40.8 Å². The van der Waals surface area contributed by atoms with E-state index in [0.29, 0.717) is 10.6 Å². The first kappa shape index (κ1) is 21.1. The van der Waals surface area contributed by atoms with Gasteiger partial charge in [0.25, 0.3) is 11.8 Å². The van der Waals surface area contributed by atoms with Gasteiger partial charge < -0.3 is 10.1 Å². The van der Waals surface area contributed by atoms with Crippen molar-refractivity contribution >= 4 is 28.8 Å². The average molecular weight is 442 g/mol. The molecule has 5 nitrogen and oxygen atoms in total. The summed E-state index contributed by atoms with van der Waals surface area (Å²) in [6.45, 7) is 0. The van der Waals surface area contributed by atoms with Crippen LogP contribution in [0.2, 0.25) is 0 Å².